The number of nitrogens with one attached hydrogen (secondary N) is 1. The van der Waals surface area contributed by atoms with E-state index in [4.69, 9.17) is 0 Å². The molecule has 0 fully saturated rings. The molecule has 2 heteroatoms. The van der Waals surface area contributed by atoms with E-state index in [0.717, 1.165) is 23.2 Å². The number of allylic oxidation sites excluding steroid dienone is 5. The fraction of sp³-hybridized carbons (Fsp3) is 0.0714. The first kappa shape index (κ1) is 9.16. The molecule has 16 heavy (non-hydrogen) atoms. The van der Waals surface area contributed by atoms with Crippen LogP contribution in [0.5, 0.6) is 0 Å². The van der Waals surface area contributed by atoms with Crippen LogP contribution in [0.1, 0.15) is 12.0 Å². The second kappa shape index (κ2) is 3.49. The van der Waals surface area contributed by atoms with Crippen molar-refractivity contribution in [2.45, 2.75) is 6.42 Å². The summed E-state index contributed by atoms with van der Waals surface area (Å²) in [6.07, 6.45) is 9.04. The van der Waals surface area contributed by atoms with Crippen LogP contribution in [-0.2, 0) is 4.79 Å². The van der Waals surface area contributed by atoms with E-state index in [0.29, 0.717) is 0 Å². The third-order valence-electron chi connectivity index (χ3n) is 2.84. The Kier molecular flexibility index (Phi) is 2.00. The molecule has 0 radical (unpaired) electrons. The molecule has 0 saturated carbocycles. The van der Waals surface area contributed by atoms with Gasteiger partial charge in [0.25, 0.3) is 5.91 Å². The lowest BCUT2D eigenvalue weighted by molar-refractivity contribution is -0.110. The Morgan fingerprint density at radius 1 is 1.25 bits per heavy atom. The minimum atomic E-state index is -0.00556. The molecule has 1 amide bonds. The molecular weight excluding hydrogens is 198 g/mol. The Morgan fingerprint density at radius 3 is 2.94 bits per heavy atom. The van der Waals surface area contributed by atoms with Crippen molar-refractivity contribution in [3.05, 3.63) is 59.7 Å². The molecular formula is C14H11NO. The van der Waals surface area contributed by atoms with Gasteiger partial charge >= 0.3 is 0 Å². The predicted octanol–water partition coefficient (Wildman–Crippen LogP) is 2.91. The number of para-hydroxylation sites is 1. The quantitative estimate of drug-likeness (QED) is 0.708. The van der Waals surface area contributed by atoms with E-state index in [1.54, 1.807) is 0 Å². The molecule has 0 unspecified atom stereocenters. The highest BCUT2D eigenvalue weighted by Gasteiger charge is 2.23. The maximum atomic E-state index is 11.8. The van der Waals surface area contributed by atoms with Gasteiger partial charge in [-0.25, -0.2) is 0 Å². The lowest BCUT2D eigenvalue weighted by atomic mass is 10.0. The molecule has 1 heterocycles. The van der Waals surface area contributed by atoms with Gasteiger partial charge in [-0.1, -0.05) is 36.4 Å². The van der Waals surface area contributed by atoms with Crippen molar-refractivity contribution >= 4 is 17.2 Å². The molecule has 78 valence electrons. The fourth-order valence-corrected chi connectivity index (χ4v) is 2.04. The van der Waals surface area contributed by atoms with E-state index in [1.807, 2.05) is 42.5 Å². The normalized spacial score (nSPS) is 19.9. The highest BCUT2D eigenvalue weighted by molar-refractivity contribution is 6.31. The maximum absolute atomic E-state index is 11.8. The first-order chi connectivity index (χ1) is 7.84. The zero-order valence-corrected chi connectivity index (χ0v) is 8.73. The van der Waals surface area contributed by atoms with Gasteiger partial charge in [-0.2, -0.15) is 0 Å². The minimum Gasteiger partial charge on any atom is -0.321 e. The van der Waals surface area contributed by atoms with E-state index in [9.17, 15) is 4.79 Å². The number of benzene rings is 1. The summed E-state index contributed by atoms with van der Waals surface area (Å²) in [5.74, 6) is -0.00556. The predicted molar refractivity (Wildman–Crippen MR) is 64.9 cm³/mol. The second-order valence-corrected chi connectivity index (χ2v) is 3.93. The fourth-order valence-electron chi connectivity index (χ4n) is 2.04. The van der Waals surface area contributed by atoms with Gasteiger partial charge in [0.05, 0.1) is 0 Å². The van der Waals surface area contributed by atoms with Gasteiger partial charge in [0, 0.05) is 16.8 Å². The summed E-state index contributed by atoms with van der Waals surface area (Å²) in [7, 11) is 0. The standard InChI is InChI=1S/C14H11NO/c16-14-12(9-10-5-1-2-6-10)11-7-3-4-8-13(11)15-14/h1-5,7-9H,6H2,(H,15,16)/b12-9-. The Hall–Kier alpha value is -2.09. The second-order valence-electron chi connectivity index (χ2n) is 3.93. The smallest absolute Gasteiger partial charge is 0.256 e. The number of rotatable bonds is 1. The van der Waals surface area contributed by atoms with Crippen LogP contribution in [0, 0.1) is 0 Å². The van der Waals surface area contributed by atoms with Crippen LogP contribution in [0.15, 0.2) is 54.1 Å². The molecule has 1 N–H and O–H groups in total. The molecule has 0 saturated heterocycles. The van der Waals surface area contributed by atoms with Crippen LogP contribution in [0.4, 0.5) is 5.69 Å². The van der Waals surface area contributed by atoms with Crippen molar-refractivity contribution in [3.63, 3.8) is 0 Å². The number of carbonyl (C=O) groups is 1. The van der Waals surface area contributed by atoms with Gasteiger partial charge in [0.2, 0.25) is 0 Å². The molecule has 0 atom stereocenters. The lowest BCUT2D eigenvalue weighted by Crippen LogP contribution is -2.03. The molecule has 1 aliphatic heterocycles. The third kappa shape index (κ3) is 1.39. The number of anilines is 1. The van der Waals surface area contributed by atoms with Crippen molar-refractivity contribution in [1.29, 1.82) is 0 Å². The van der Waals surface area contributed by atoms with Gasteiger partial charge in [-0.05, 0) is 24.1 Å². The van der Waals surface area contributed by atoms with Crippen molar-refractivity contribution in [2.24, 2.45) is 0 Å². The van der Waals surface area contributed by atoms with Gasteiger partial charge in [-0.3, -0.25) is 4.79 Å². The molecule has 2 nitrogen and oxygen atoms in total. The SMILES string of the molecule is O=C1Nc2ccccc2/C1=C/C1=CC=CC1. The van der Waals surface area contributed by atoms with Crippen LogP contribution in [0.3, 0.4) is 0 Å². The third-order valence-corrected chi connectivity index (χ3v) is 2.84. The van der Waals surface area contributed by atoms with E-state index in [1.165, 1.54) is 5.57 Å². The highest BCUT2D eigenvalue weighted by atomic mass is 16.1. The van der Waals surface area contributed by atoms with E-state index < -0.39 is 0 Å². The summed E-state index contributed by atoms with van der Waals surface area (Å²) in [5, 5.41) is 2.87. The number of fused-ring (bicyclic) bond motifs is 1. The summed E-state index contributed by atoms with van der Waals surface area (Å²) in [6.45, 7) is 0. The van der Waals surface area contributed by atoms with Gasteiger partial charge in [-0.15, -0.1) is 0 Å². The summed E-state index contributed by atoms with van der Waals surface area (Å²) < 4.78 is 0. The molecule has 0 aromatic heterocycles. The first-order valence-electron chi connectivity index (χ1n) is 5.33. The van der Waals surface area contributed by atoms with Gasteiger partial charge in [0.1, 0.15) is 0 Å². The van der Waals surface area contributed by atoms with E-state index in [2.05, 4.69) is 11.4 Å². The maximum Gasteiger partial charge on any atom is 0.256 e. The first-order valence-corrected chi connectivity index (χ1v) is 5.33. The monoisotopic (exact) mass is 209 g/mol. The average molecular weight is 209 g/mol. The summed E-state index contributed by atoms with van der Waals surface area (Å²) in [5.41, 5.74) is 3.86. The lowest BCUT2D eigenvalue weighted by Gasteiger charge is -1.97. The highest BCUT2D eigenvalue weighted by Crippen LogP contribution is 2.32. The Bertz CT molecular complexity index is 550. The van der Waals surface area contributed by atoms with E-state index in [-0.39, 0.29) is 5.91 Å². The van der Waals surface area contributed by atoms with Crippen LogP contribution in [0.2, 0.25) is 0 Å². The van der Waals surface area contributed by atoms with Crippen molar-refractivity contribution < 1.29 is 4.79 Å². The van der Waals surface area contributed by atoms with Crippen molar-refractivity contribution in [1.82, 2.24) is 0 Å². The molecule has 3 rings (SSSR count). The number of hydrogen-bond donors (Lipinski definition) is 1. The number of carbonyl (C=O) groups excluding carboxylic acids is 1. The largest absolute Gasteiger partial charge is 0.321 e. The zero-order valence-electron chi connectivity index (χ0n) is 8.73. The van der Waals surface area contributed by atoms with Crippen LogP contribution >= 0.6 is 0 Å². The molecule has 1 aromatic carbocycles. The molecule has 0 bridgehead atoms. The molecule has 0 spiro atoms. The summed E-state index contributed by atoms with van der Waals surface area (Å²) >= 11 is 0. The molecule has 1 aromatic rings. The van der Waals surface area contributed by atoms with Crippen molar-refractivity contribution in [3.8, 4) is 0 Å². The summed E-state index contributed by atoms with van der Waals surface area (Å²) in [4.78, 5) is 11.8. The Labute approximate surface area is 94.0 Å². The Balaban J connectivity index is 2.05. The van der Waals surface area contributed by atoms with Crippen molar-refractivity contribution in [2.75, 3.05) is 5.32 Å². The van der Waals surface area contributed by atoms with Crippen LogP contribution in [0.25, 0.3) is 5.57 Å². The van der Waals surface area contributed by atoms with Crippen LogP contribution < -0.4 is 5.32 Å². The van der Waals surface area contributed by atoms with E-state index >= 15 is 0 Å². The average Bonchev–Trinajstić information content (AvgIpc) is 2.89. The number of hydrogen-bond acceptors (Lipinski definition) is 1. The van der Waals surface area contributed by atoms with Gasteiger partial charge < -0.3 is 5.32 Å². The van der Waals surface area contributed by atoms with Gasteiger partial charge in [0.15, 0.2) is 0 Å². The molecule has 1 aliphatic carbocycles. The van der Waals surface area contributed by atoms with Crippen LogP contribution in [-0.4, -0.2) is 5.91 Å². The Morgan fingerprint density at radius 2 is 2.12 bits per heavy atom. The topological polar surface area (TPSA) is 29.1 Å². The number of amides is 1. The summed E-state index contributed by atoms with van der Waals surface area (Å²) in [6, 6.07) is 7.78. The molecule has 2 aliphatic rings. The minimum absolute atomic E-state index is 0.00556. The zero-order chi connectivity index (χ0) is 11.0.